The third kappa shape index (κ3) is 5.24. The van der Waals surface area contributed by atoms with Crippen molar-refractivity contribution in [1.82, 2.24) is 9.80 Å². The van der Waals surface area contributed by atoms with Gasteiger partial charge in [-0.05, 0) is 42.9 Å². The third-order valence-electron chi connectivity index (χ3n) is 5.83. The van der Waals surface area contributed by atoms with Gasteiger partial charge in [-0.2, -0.15) is 0 Å². The highest BCUT2D eigenvalue weighted by Crippen LogP contribution is 2.26. The highest BCUT2D eigenvalue weighted by molar-refractivity contribution is 5.76. The highest BCUT2D eigenvalue weighted by atomic mass is 19.2. The van der Waals surface area contributed by atoms with Gasteiger partial charge in [-0.3, -0.25) is 4.79 Å². The van der Waals surface area contributed by atoms with Gasteiger partial charge in [0.1, 0.15) is 0 Å². The van der Waals surface area contributed by atoms with E-state index >= 15 is 0 Å². The second-order valence-corrected chi connectivity index (χ2v) is 7.78. The molecule has 2 saturated heterocycles. The predicted octanol–water partition coefficient (Wildman–Crippen LogP) is 1.42. The van der Waals surface area contributed by atoms with E-state index in [0.29, 0.717) is 25.1 Å². The van der Waals surface area contributed by atoms with Gasteiger partial charge in [-0.25, -0.2) is 8.78 Å². The smallest absolute Gasteiger partial charge is 0.222 e. The zero-order chi connectivity index (χ0) is 19.4. The Hall–Kier alpha value is -1.57. The van der Waals surface area contributed by atoms with Crippen LogP contribution in [-0.2, 0) is 11.2 Å². The highest BCUT2D eigenvalue weighted by Gasteiger charge is 2.36. The molecule has 1 aromatic carbocycles. The Morgan fingerprint density at radius 2 is 1.81 bits per heavy atom. The summed E-state index contributed by atoms with van der Waals surface area (Å²) in [6.45, 7) is 3.72. The molecule has 2 heterocycles. The average Bonchev–Trinajstić information content (AvgIpc) is 3.07. The zero-order valence-electron chi connectivity index (χ0n) is 15.5. The average molecular weight is 382 g/mol. The number of likely N-dealkylation sites (tertiary alicyclic amines) is 2. The van der Waals surface area contributed by atoms with Gasteiger partial charge in [0.2, 0.25) is 5.91 Å². The zero-order valence-corrected chi connectivity index (χ0v) is 15.5. The second kappa shape index (κ2) is 9.08. The molecule has 2 aliphatic heterocycles. The van der Waals surface area contributed by atoms with E-state index in [1.165, 1.54) is 6.07 Å². The summed E-state index contributed by atoms with van der Waals surface area (Å²) < 4.78 is 26.3. The predicted molar refractivity (Wildman–Crippen MR) is 97.0 cm³/mol. The Morgan fingerprint density at radius 3 is 2.48 bits per heavy atom. The molecule has 2 N–H and O–H groups in total. The molecule has 0 spiro atoms. The van der Waals surface area contributed by atoms with E-state index in [4.69, 9.17) is 0 Å². The van der Waals surface area contributed by atoms with Crippen LogP contribution in [0.2, 0.25) is 0 Å². The molecule has 2 fully saturated rings. The summed E-state index contributed by atoms with van der Waals surface area (Å²) in [6.07, 6.45) is 1.94. The van der Waals surface area contributed by atoms with Crippen molar-refractivity contribution in [2.24, 2.45) is 11.8 Å². The van der Waals surface area contributed by atoms with Crippen molar-refractivity contribution in [3.8, 4) is 0 Å². The first-order chi connectivity index (χ1) is 13.0. The van der Waals surface area contributed by atoms with Crippen LogP contribution in [-0.4, -0.2) is 71.4 Å². The minimum Gasteiger partial charge on any atom is -0.396 e. The molecule has 0 bridgehead atoms. The topological polar surface area (TPSA) is 64.0 Å². The number of benzene rings is 1. The van der Waals surface area contributed by atoms with Crippen molar-refractivity contribution >= 4 is 5.91 Å². The van der Waals surface area contributed by atoms with E-state index in [1.54, 1.807) is 4.90 Å². The van der Waals surface area contributed by atoms with Gasteiger partial charge in [0.05, 0.1) is 6.10 Å². The van der Waals surface area contributed by atoms with E-state index in [2.05, 4.69) is 4.90 Å². The van der Waals surface area contributed by atoms with Crippen LogP contribution in [0.25, 0.3) is 0 Å². The molecule has 1 aromatic rings. The van der Waals surface area contributed by atoms with Crippen LogP contribution < -0.4 is 0 Å². The number of halogens is 2. The minimum absolute atomic E-state index is 0.0188. The van der Waals surface area contributed by atoms with E-state index in [9.17, 15) is 23.8 Å². The molecular formula is C20H28F2N2O3. The fraction of sp³-hybridized carbons (Fsp3) is 0.650. The van der Waals surface area contributed by atoms with Crippen LogP contribution in [0.15, 0.2) is 18.2 Å². The van der Waals surface area contributed by atoms with Crippen LogP contribution >= 0.6 is 0 Å². The minimum atomic E-state index is -0.895. The summed E-state index contributed by atoms with van der Waals surface area (Å²) in [4.78, 5) is 16.6. The monoisotopic (exact) mass is 382 g/mol. The SMILES string of the molecule is O=C(CCc1ccc(F)c(F)c1)N1C[C@@H](CN2CCC(O)CC2)[C@@H](CO)C1. The van der Waals surface area contributed by atoms with Gasteiger partial charge in [0, 0.05) is 51.7 Å². The first-order valence-corrected chi connectivity index (χ1v) is 9.69. The molecular weight excluding hydrogens is 354 g/mol. The largest absolute Gasteiger partial charge is 0.396 e. The van der Waals surface area contributed by atoms with E-state index < -0.39 is 11.6 Å². The van der Waals surface area contributed by atoms with Gasteiger partial charge in [-0.1, -0.05) is 6.07 Å². The number of hydrogen-bond donors (Lipinski definition) is 2. The van der Waals surface area contributed by atoms with Gasteiger partial charge in [0.15, 0.2) is 11.6 Å². The normalized spacial score (nSPS) is 24.5. The quantitative estimate of drug-likeness (QED) is 0.781. The number of amides is 1. The van der Waals surface area contributed by atoms with Crippen LogP contribution in [0.4, 0.5) is 8.78 Å². The van der Waals surface area contributed by atoms with Crippen LogP contribution in [0.3, 0.4) is 0 Å². The van der Waals surface area contributed by atoms with E-state index in [-0.39, 0.29) is 36.9 Å². The summed E-state index contributed by atoms with van der Waals surface area (Å²) in [5, 5.41) is 19.3. The van der Waals surface area contributed by atoms with Crippen molar-refractivity contribution in [3.05, 3.63) is 35.4 Å². The lowest BCUT2D eigenvalue weighted by Crippen LogP contribution is -2.40. The van der Waals surface area contributed by atoms with Crippen molar-refractivity contribution < 1.29 is 23.8 Å². The molecule has 3 rings (SSSR count). The van der Waals surface area contributed by atoms with Crippen molar-refractivity contribution in [1.29, 1.82) is 0 Å². The molecule has 27 heavy (non-hydrogen) atoms. The Morgan fingerprint density at radius 1 is 1.11 bits per heavy atom. The third-order valence-corrected chi connectivity index (χ3v) is 5.83. The first-order valence-electron chi connectivity index (χ1n) is 9.69. The molecule has 150 valence electrons. The summed E-state index contributed by atoms with van der Waals surface area (Å²) >= 11 is 0. The molecule has 2 atom stereocenters. The number of carbonyl (C=O) groups excluding carboxylic acids is 1. The summed E-state index contributed by atoms with van der Waals surface area (Å²) in [5.41, 5.74) is 0.601. The number of piperidine rings is 1. The van der Waals surface area contributed by atoms with Crippen LogP contribution in [0, 0.1) is 23.5 Å². The second-order valence-electron chi connectivity index (χ2n) is 7.78. The lowest BCUT2D eigenvalue weighted by molar-refractivity contribution is -0.130. The first kappa shape index (κ1) is 20.2. The molecule has 2 aliphatic rings. The van der Waals surface area contributed by atoms with Crippen molar-refractivity contribution in [2.75, 3.05) is 39.3 Å². The fourth-order valence-corrected chi connectivity index (χ4v) is 4.09. The maximum Gasteiger partial charge on any atom is 0.222 e. The van der Waals surface area contributed by atoms with Crippen LogP contribution in [0.5, 0.6) is 0 Å². The maximum atomic E-state index is 13.3. The number of rotatable bonds is 6. The Kier molecular flexibility index (Phi) is 6.78. The number of carbonyl (C=O) groups is 1. The lowest BCUT2D eigenvalue weighted by atomic mass is 9.95. The van der Waals surface area contributed by atoms with Gasteiger partial charge >= 0.3 is 0 Å². The number of aliphatic hydroxyl groups is 2. The lowest BCUT2D eigenvalue weighted by Gasteiger charge is -2.32. The van der Waals surface area contributed by atoms with E-state index in [1.807, 2.05) is 0 Å². The van der Waals surface area contributed by atoms with E-state index in [0.717, 1.165) is 44.6 Å². The molecule has 0 aromatic heterocycles. The van der Waals surface area contributed by atoms with Gasteiger partial charge in [0.25, 0.3) is 0 Å². The Labute approximate surface area is 158 Å². The number of nitrogens with zero attached hydrogens (tertiary/aromatic N) is 2. The molecule has 0 unspecified atom stereocenters. The van der Waals surface area contributed by atoms with Crippen molar-refractivity contribution in [2.45, 2.75) is 31.8 Å². The summed E-state index contributed by atoms with van der Waals surface area (Å²) in [5.74, 6) is -1.52. The maximum absolute atomic E-state index is 13.3. The summed E-state index contributed by atoms with van der Waals surface area (Å²) in [6, 6.07) is 3.72. The molecule has 5 nitrogen and oxygen atoms in total. The standard InChI is InChI=1S/C20H28F2N2O3/c21-18-3-1-14(9-19(18)22)2-4-20(27)24-11-15(16(12-24)13-25)10-23-7-5-17(26)6-8-23/h1,3,9,15-17,25-26H,2,4-8,10-13H2/t15-,16-/m1/s1. The molecule has 7 heteroatoms. The molecule has 0 saturated carbocycles. The molecule has 0 radical (unpaired) electrons. The molecule has 0 aliphatic carbocycles. The van der Waals surface area contributed by atoms with Crippen molar-refractivity contribution in [3.63, 3.8) is 0 Å². The number of aryl methyl sites for hydroxylation is 1. The van der Waals surface area contributed by atoms with Gasteiger partial charge in [-0.15, -0.1) is 0 Å². The number of hydrogen-bond acceptors (Lipinski definition) is 4. The summed E-state index contributed by atoms with van der Waals surface area (Å²) in [7, 11) is 0. The Balaban J connectivity index is 1.50. The Bertz CT molecular complexity index is 650. The fourth-order valence-electron chi connectivity index (χ4n) is 4.09. The van der Waals surface area contributed by atoms with Crippen LogP contribution in [0.1, 0.15) is 24.8 Å². The van der Waals surface area contributed by atoms with Gasteiger partial charge < -0.3 is 20.0 Å². The molecule has 1 amide bonds. The number of aliphatic hydroxyl groups excluding tert-OH is 2.